The SMILES string of the molecule is Brc1ccc2c(c1)c1cc(-c3ccc4sc5ccccc5c4c3)ccc1n2-c1ccccc1.CC1(C)OB(c2ccc3c(c2)c2cc(-c4ccc5sc6ccccc6c5c4)ccc2n3-c2ccccc2)OC1(C)C.c1ccc(-n2c3ccc(-c4ccc5sc6ccccc6c5c4)cc3c3cc(-c4ccc5c(c4)c4cc(-c6ccc7sc8ccccc8c7c6)ccc4n5-c4ccccc4)ccc32)cc1. The predicted octanol–water partition coefficient (Wildman–Crippen LogP) is 36.3. The lowest BCUT2D eigenvalue weighted by molar-refractivity contribution is 0.00578. The smallest absolute Gasteiger partial charge is 0.399 e. The van der Waals surface area contributed by atoms with Crippen LogP contribution in [-0.4, -0.2) is 36.6 Å². The third-order valence-electron chi connectivity index (χ3n) is 28.8. The van der Waals surface area contributed by atoms with Crippen LogP contribution in [0, 0.1) is 0 Å². The van der Waals surface area contributed by atoms with Crippen LogP contribution in [-0.2, 0) is 9.31 Å². The highest BCUT2D eigenvalue weighted by Gasteiger charge is 2.52. The first kappa shape index (κ1) is 82.4. The molecule has 0 bridgehead atoms. The topological polar surface area (TPSA) is 38.2 Å². The first-order chi connectivity index (χ1) is 67.7. The zero-order valence-corrected chi connectivity index (χ0v) is 80.6. The summed E-state index contributed by atoms with van der Waals surface area (Å²) >= 11 is 11.1. The summed E-state index contributed by atoms with van der Waals surface area (Å²) in [6, 6.07) is 160. The number of fused-ring (bicyclic) bond motifs is 24. The van der Waals surface area contributed by atoms with Crippen LogP contribution in [0.15, 0.2) is 441 Å². The third kappa shape index (κ3) is 13.7. The highest BCUT2D eigenvalue weighted by Crippen LogP contribution is 2.48. The van der Waals surface area contributed by atoms with Crippen LogP contribution in [0.1, 0.15) is 27.7 Å². The van der Waals surface area contributed by atoms with Gasteiger partial charge in [0.1, 0.15) is 0 Å². The van der Waals surface area contributed by atoms with E-state index in [9.17, 15) is 0 Å². The largest absolute Gasteiger partial charge is 0.494 e. The van der Waals surface area contributed by atoms with E-state index < -0.39 is 7.12 Å². The summed E-state index contributed by atoms with van der Waals surface area (Å²) in [7, 11) is -0.406. The molecule has 29 rings (SSSR count). The van der Waals surface area contributed by atoms with E-state index in [-0.39, 0.29) is 11.2 Å². The van der Waals surface area contributed by atoms with Crippen LogP contribution < -0.4 is 5.46 Å². The standard InChI is InChI=1S/C60H36N2S2.C36H30BNO2S.C30H18BrNS/c1-3-11-43(12-4-1)61-53-25-19-37(31-47(53)49-33-39(21-27-55(49)61)41-23-29-59-51(35-41)45-15-7-9-17-57(45)63-59)38-20-26-54-48(32-38)50-34-40(22-28-56(50)62(54)44-13-5-2-6-14-44)42-24-30-60-52(36-42)46-16-8-10-18-58(46)64-60;1-35(2)36(3,4)40-37(39-35)25-16-18-32-29(22-25)28-20-23(14-17-31(28)38(32)26-10-6-5-7-11-26)24-15-19-34-30(21-24)27-12-8-9-13-33(27)41-34;31-21-12-14-28-25(18-21)24-16-19(10-13-27(24)32(28)22-6-2-1-3-7-22)20-11-15-30-26(17-20)23-8-4-5-9-29(23)33-30/h1-36H;5-22H,1-4H3;1-18H. The fraction of sp³-hybridized carbons (Fsp3) is 0.0476. The summed E-state index contributed by atoms with van der Waals surface area (Å²) < 4.78 is 34.2. The van der Waals surface area contributed by atoms with Gasteiger partial charge in [-0.25, -0.2) is 0 Å². The average molecular weight is 1910 g/mol. The minimum absolute atomic E-state index is 0.387. The molecule has 0 aliphatic carbocycles. The van der Waals surface area contributed by atoms with E-state index >= 15 is 0 Å². The second-order valence-corrected chi connectivity index (χ2v) is 42.6. The number of nitrogens with zero attached hydrogens (tertiary/aromatic N) is 4. The Bertz CT molecular complexity index is 9550. The van der Waals surface area contributed by atoms with Gasteiger partial charge < -0.3 is 27.6 Å². The number of hydrogen-bond donors (Lipinski definition) is 0. The van der Waals surface area contributed by atoms with Crippen LogP contribution in [0.2, 0.25) is 0 Å². The second-order valence-electron chi connectivity index (χ2n) is 37.3. The van der Waals surface area contributed by atoms with Crippen molar-refractivity contribution in [1.29, 1.82) is 0 Å². The van der Waals surface area contributed by atoms with Gasteiger partial charge in [-0.05, 0) is 307 Å². The van der Waals surface area contributed by atoms with Gasteiger partial charge in [0.2, 0.25) is 0 Å². The molecule has 9 heterocycles. The Kier molecular flexibility index (Phi) is 19.5. The molecule has 1 aliphatic rings. The zero-order chi connectivity index (χ0) is 91.8. The lowest BCUT2D eigenvalue weighted by Gasteiger charge is -2.32. The van der Waals surface area contributed by atoms with E-state index in [1.165, 1.54) is 229 Å². The Labute approximate surface area is 820 Å². The molecule has 1 fully saturated rings. The molecule has 0 unspecified atom stereocenters. The molecule has 654 valence electrons. The van der Waals surface area contributed by atoms with E-state index in [1.807, 2.05) is 45.3 Å². The van der Waals surface area contributed by atoms with Gasteiger partial charge in [-0.15, -0.1) is 45.3 Å². The molecular formula is C126H84BBrN4O2S4. The van der Waals surface area contributed by atoms with Crippen molar-refractivity contribution >= 4 is 242 Å². The normalized spacial score (nSPS) is 13.3. The first-order valence-electron chi connectivity index (χ1n) is 47.0. The molecule has 1 saturated heterocycles. The summed E-state index contributed by atoms with van der Waals surface area (Å²) in [6.07, 6.45) is 0. The number of thiophene rings is 4. The summed E-state index contributed by atoms with van der Waals surface area (Å²) in [5.41, 5.74) is 26.7. The molecule has 12 heteroatoms. The van der Waals surface area contributed by atoms with Gasteiger partial charge in [-0.1, -0.05) is 234 Å². The molecule has 0 saturated carbocycles. The molecule has 20 aromatic carbocycles. The molecule has 1 aliphatic heterocycles. The predicted molar refractivity (Wildman–Crippen MR) is 599 cm³/mol. The van der Waals surface area contributed by atoms with Crippen LogP contribution in [0.3, 0.4) is 0 Å². The number of rotatable bonds is 10. The molecular weight excluding hydrogens is 1820 g/mol. The quantitative estimate of drug-likeness (QED) is 0.128. The lowest BCUT2D eigenvalue weighted by atomic mass is 9.78. The minimum atomic E-state index is -0.406. The highest BCUT2D eigenvalue weighted by molar-refractivity contribution is 9.10. The molecule has 8 aromatic heterocycles. The number of hydrogen-bond acceptors (Lipinski definition) is 6. The van der Waals surface area contributed by atoms with Crippen molar-refractivity contribution in [2.75, 3.05) is 0 Å². The summed E-state index contributed by atoms with van der Waals surface area (Å²) in [5, 5.41) is 20.5. The average Bonchev–Trinajstić information content (AvgIpc) is 1.63. The lowest BCUT2D eigenvalue weighted by Crippen LogP contribution is -2.41. The van der Waals surface area contributed by atoms with Crippen LogP contribution in [0.25, 0.3) is 246 Å². The van der Waals surface area contributed by atoms with Crippen molar-refractivity contribution < 1.29 is 9.31 Å². The van der Waals surface area contributed by atoms with E-state index in [0.717, 1.165) is 27.0 Å². The third-order valence-corrected chi connectivity index (χ3v) is 33.9. The van der Waals surface area contributed by atoms with Crippen LogP contribution in [0.5, 0.6) is 0 Å². The molecule has 6 nitrogen and oxygen atoms in total. The van der Waals surface area contributed by atoms with Crippen LogP contribution >= 0.6 is 61.3 Å². The maximum atomic E-state index is 6.44. The van der Waals surface area contributed by atoms with E-state index in [1.54, 1.807) is 0 Å². The van der Waals surface area contributed by atoms with Crippen molar-refractivity contribution in [3.8, 4) is 78.4 Å². The summed E-state index contributed by atoms with van der Waals surface area (Å²) in [5.74, 6) is 0. The Morgan fingerprint density at radius 1 is 0.188 bits per heavy atom. The molecule has 0 radical (unpaired) electrons. The Hall–Kier alpha value is -15.1. The summed E-state index contributed by atoms with van der Waals surface area (Å²) in [4.78, 5) is 0. The van der Waals surface area contributed by atoms with Crippen molar-refractivity contribution in [3.63, 3.8) is 0 Å². The van der Waals surface area contributed by atoms with Gasteiger partial charge in [0, 0.05) is 151 Å². The summed E-state index contributed by atoms with van der Waals surface area (Å²) in [6.45, 7) is 8.42. The van der Waals surface area contributed by atoms with Crippen molar-refractivity contribution in [2.45, 2.75) is 38.9 Å². The van der Waals surface area contributed by atoms with Gasteiger partial charge >= 0.3 is 7.12 Å². The molecule has 0 spiro atoms. The monoisotopic (exact) mass is 1900 g/mol. The Morgan fingerprint density at radius 2 is 0.384 bits per heavy atom. The second kappa shape index (κ2) is 32.6. The van der Waals surface area contributed by atoms with E-state index in [2.05, 4.69) is 499 Å². The molecule has 138 heavy (non-hydrogen) atoms. The van der Waals surface area contributed by atoms with Gasteiger partial charge in [0.15, 0.2) is 0 Å². The Balaban J connectivity index is 0.000000112. The fourth-order valence-corrected chi connectivity index (χ4v) is 26.0. The van der Waals surface area contributed by atoms with Crippen LogP contribution in [0.4, 0.5) is 0 Å². The van der Waals surface area contributed by atoms with Crippen molar-refractivity contribution in [1.82, 2.24) is 18.3 Å². The zero-order valence-electron chi connectivity index (χ0n) is 75.8. The maximum absolute atomic E-state index is 6.44. The number of halogens is 1. The van der Waals surface area contributed by atoms with E-state index in [0.29, 0.717) is 0 Å². The van der Waals surface area contributed by atoms with E-state index in [4.69, 9.17) is 9.31 Å². The van der Waals surface area contributed by atoms with Gasteiger partial charge in [-0.3, -0.25) is 0 Å². The number of aromatic nitrogens is 4. The van der Waals surface area contributed by atoms with Crippen molar-refractivity contribution in [3.05, 3.63) is 441 Å². The van der Waals surface area contributed by atoms with Crippen molar-refractivity contribution in [2.24, 2.45) is 0 Å². The fourth-order valence-electron chi connectivity index (χ4n) is 21.3. The molecule has 0 N–H and O–H groups in total. The van der Waals surface area contributed by atoms with Gasteiger partial charge in [0.05, 0.1) is 55.3 Å². The Morgan fingerprint density at radius 3 is 0.645 bits per heavy atom. The maximum Gasteiger partial charge on any atom is 0.494 e. The molecule has 0 amide bonds. The number of para-hydroxylation sites is 4. The van der Waals surface area contributed by atoms with Gasteiger partial charge in [0.25, 0.3) is 0 Å². The minimum Gasteiger partial charge on any atom is -0.399 e. The number of benzene rings is 20. The first-order valence-corrected chi connectivity index (χ1v) is 51.0. The highest BCUT2D eigenvalue weighted by atomic mass is 79.9. The van der Waals surface area contributed by atoms with Gasteiger partial charge in [-0.2, -0.15) is 0 Å². The molecule has 0 atom stereocenters. The molecule has 28 aromatic rings.